The van der Waals surface area contributed by atoms with E-state index >= 15 is 0 Å². The lowest BCUT2D eigenvalue weighted by molar-refractivity contribution is 0.101. The second-order valence-electron chi connectivity index (χ2n) is 5.74. The number of nitrogens with zero attached hydrogens (tertiary/aromatic N) is 3. The summed E-state index contributed by atoms with van der Waals surface area (Å²) in [5.74, 6) is -2.33. The lowest BCUT2D eigenvalue weighted by Crippen LogP contribution is -2.23. The van der Waals surface area contributed by atoms with Crippen molar-refractivity contribution in [2.45, 2.75) is 6.42 Å². The lowest BCUT2D eigenvalue weighted by Gasteiger charge is -2.07. The summed E-state index contributed by atoms with van der Waals surface area (Å²) in [4.78, 5) is 27.6. The first-order valence-electron chi connectivity index (χ1n) is 7.77. The molecule has 2 aromatic heterocycles. The van der Waals surface area contributed by atoms with Crippen LogP contribution in [0.1, 0.15) is 21.6 Å². The van der Waals surface area contributed by atoms with Crippen LogP contribution in [0.5, 0.6) is 0 Å². The normalized spacial score (nSPS) is 10.7. The molecule has 9 heteroatoms. The molecule has 27 heavy (non-hydrogen) atoms. The molecule has 0 aliphatic carbocycles. The molecule has 0 atom stereocenters. The number of hydrogen-bond acceptors (Lipinski definition) is 4. The van der Waals surface area contributed by atoms with E-state index in [-0.39, 0.29) is 22.1 Å². The zero-order valence-electron chi connectivity index (χ0n) is 14.0. The lowest BCUT2D eigenvalue weighted by atomic mass is 10.1. The van der Waals surface area contributed by atoms with Crippen LogP contribution in [-0.4, -0.2) is 20.7 Å². The number of anilines is 1. The summed E-state index contributed by atoms with van der Waals surface area (Å²) in [6, 6.07) is 8.23. The summed E-state index contributed by atoms with van der Waals surface area (Å²) in [5, 5.41) is 6.13. The van der Waals surface area contributed by atoms with E-state index in [1.807, 2.05) is 0 Å². The molecule has 1 N–H and O–H groups in total. The van der Waals surface area contributed by atoms with E-state index in [1.54, 1.807) is 12.1 Å². The summed E-state index contributed by atoms with van der Waals surface area (Å²) in [6.07, 6.45) is 1.79. The van der Waals surface area contributed by atoms with Crippen LogP contribution < -0.4 is 10.9 Å². The molecule has 3 rings (SSSR count). The van der Waals surface area contributed by atoms with Gasteiger partial charge in [-0.05, 0) is 41.8 Å². The van der Waals surface area contributed by atoms with E-state index in [2.05, 4.69) is 15.4 Å². The fourth-order valence-electron chi connectivity index (χ4n) is 2.35. The molecular weight excluding hydrogens is 378 g/mol. The van der Waals surface area contributed by atoms with Crippen LogP contribution in [-0.2, 0) is 13.5 Å². The Hall–Kier alpha value is -3.13. The number of aromatic nitrogens is 3. The first-order chi connectivity index (χ1) is 12.8. The minimum Gasteiger partial charge on any atom is -0.305 e. The average molecular weight is 391 g/mol. The Bertz CT molecular complexity index is 1040. The highest BCUT2D eigenvalue weighted by Gasteiger charge is 2.11. The molecule has 1 amide bonds. The Kier molecular flexibility index (Phi) is 5.27. The number of hydrogen-bond donors (Lipinski definition) is 1. The van der Waals surface area contributed by atoms with Crippen LogP contribution in [0.2, 0.25) is 5.02 Å². The Morgan fingerprint density at radius 2 is 1.96 bits per heavy atom. The van der Waals surface area contributed by atoms with Crippen LogP contribution in [0.4, 0.5) is 14.6 Å². The monoisotopic (exact) mass is 390 g/mol. The maximum Gasteiger partial charge on any atom is 0.277 e. The summed E-state index contributed by atoms with van der Waals surface area (Å²) in [5.41, 5.74) is 0.952. The summed E-state index contributed by atoms with van der Waals surface area (Å²) in [7, 11) is 1.44. The van der Waals surface area contributed by atoms with E-state index in [4.69, 9.17) is 11.6 Å². The average Bonchev–Trinajstić information content (AvgIpc) is 2.63. The second-order valence-corrected chi connectivity index (χ2v) is 6.14. The summed E-state index contributed by atoms with van der Waals surface area (Å²) >= 11 is 5.64. The SMILES string of the molecule is Cn1nc(C(=O)Nc2ccc(Cc3cc(F)c(F)c(Cl)c3)cn2)ccc1=O. The minimum absolute atomic E-state index is 0.0689. The topological polar surface area (TPSA) is 76.9 Å². The Balaban J connectivity index is 1.71. The van der Waals surface area contributed by atoms with Crippen molar-refractivity contribution in [2.24, 2.45) is 7.05 Å². The molecule has 0 spiro atoms. The Morgan fingerprint density at radius 1 is 1.19 bits per heavy atom. The third-order valence-electron chi connectivity index (χ3n) is 3.71. The predicted octanol–water partition coefficient (Wildman–Crippen LogP) is 2.95. The maximum absolute atomic E-state index is 13.4. The van der Waals surface area contributed by atoms with E-state index in [1.165, 1.54) is 31.4 Å². The molecule has 0 aliphatic heterocycles. The largest absolute Gasteiger partial charge is 0.305 e. The molecule has 1 aromatic carbocycles. The van der Waals surface area contributed by atoms with E-state index < -0.39 is 17.5 Å². The molecule has 3 aromatic rings. The van der Waals surface area contributed by atoms with Gasteiger partial charge < -0.3 is 5.32 Å². The van der Waals surface area contributed by atoms with Gasteiger partial charge in [0.1, 0.15) is 11.5 Å². The first-order valence-corrected chi connectivity index (χ1v) is 8.15. The number of pyridine rings is 1. The number of rotatable bonds is 4. The third kappa shape index (κ3) is 4.35. The molecule has 0 radical (unpaired) electrons. The van der Waals surface area contributed by atoms with Crippen molar-refractivity contribution >= 4 is 23.3 Å². The van der Waals surface area contributed by atoms with Crippen LogP contribution in [0, 0.1) is 11.6 Å². The van der Waals surface area contributed by atoms with Gasteiger partial charge in [-0.1, -0.05) is 17.7 Å². The molecule has 0 saturated heterocycles. The molecule has 0 saturated carbocycles. The fraction of sp³-hybridized carbons (Fsp3) is 0.111. The highest BCUT2D eigenvalue weighted by molar-refractivity contribution is 6.30. The molecule has 0 aliphatic rings. The molecule has 0 unspecified atom stereocenters. The zero-order valence-corrected chi connectivity index (χ0v) is 14.8. The van der Waals surface area contributed by atoms with Crippen LogP contribution in [0.3, 0.4) is 0 Å². The molecule has 138 valence electrons. The number of halogens is 3. The van der Waals surface area contributed by atoms with E-state index in [9.17, 15) is 18.4 Å². The second kappa shape index (κ2) is 7.63. The number of aryl methyl sites for hydroxylation is 1. The van der Waals surface area contributed by atoms with Crippen molar-refractivity contribution in [3.8, 4) is 0 Å². The molecule has 2 heterocycles. The standard InChI is InChI=1S/C18H13ClF2N4O2/c1-25-16(26)5-3-14(24-25)18(27)23-15-4-2-10(9-22-15)6-11-7-12(19)17(21)13(20)8-11/h2-5,7-9H,6H2,1H3,(H,22,23,27). The smallest absolute Gasteiger partial charge is 0.277 e. The number of carbonyl (C=O) groups is 1. The highest BCUT2D eigenvalue weighted by atomic mass is 35.5. The summed E-state index contributed by atoms with van der Waals surface area (Å²) in [6.45, 7) is 0. The van der Waals surface area contributed by atoms with E-state index in [0.29, 0.717) is 12.0 Å². The van der Waals surface area contributed by atoms with Crippen molar-refractivity contribution < 1.29 is 13.6 Å². The third-order valence-corrected chi connectivity index (χ3v) is 3.99. The molecule has 0 bridgehead atoms. The number of benzene rings is 1. The van der Waals surface area contributed by atoms with Gasteiger partial charge in [0.05, 0.1) is 5.02 Å². The van der Waals surface area contributed by atoms with Crippen LogP contribution in [0.25, 0.3) is 0 Å². The number of amides is 1. The van der Waals surface area contributed by atoms with Gasteiger partial charge in [-0.25, -0.2) is 18.4 Å². The Labute approximate surface area is 157 Å². The quantitative estimate of drug-likeness (QED) is 0.695. The molecule has 6 nitrogen and oxygen atoms in total. The van der Waals surface area contributed by atoms with Gasteiger partial charge in [0.15, 0.2) is 11.6 Å². The molecular formula is C18H13ClF2N4O2. The van der Waals surface area contributed by atoms with Gasteiger partial charge in [0.25, 0.3) is 11.5 Å². The van der Waals surface area contributed by atoms with Gasteiger partial charge in [-0.3, -0.25) is 9.59 Å². The van der Waals surface area contributed by atoms with Crippen LogP contribution >= 0.6 is 11.6 Å². The van der Waals surface area contributed by atoms with Crippen LogP contribution in [0.15, 0.2) is 47.4 Å². The van der Waals surface area contributed by atoms with Gasteiger partial charge in [0.2, 0.25) is 0 Å². The van der Waals surface area contributed by atoms with Crippen molar-refractivity contribution in [1.82, 2.24) is 14.8 Å². The van der Waals surface area contributed by atoms with Crippen molar-refractivity contribution in [3.63, 3.8) is 0 Å². The van der Waals surface area contributed by atoms with Gasteiger partial charge in [0, 0.05) is 19.3 Å². The van der Waals surface area contributed by atoms with Crippen molar-refractivity contribution in [2.75, 3.05) is 5.32 Å². The van der Waals surface area contributed by atoms with Gasteiger partial charge in [-0.2, -0.15) is 5.10 Å². The maximum atomic E-state index is 13.4. The minimum atomic E-state index is -1.08. The Morgan fingerprint density at radius 3 is 2.59 bits per heavy atom. The van der Waals surface area contributed by atoms with E-state index in [0.717, 1.165) is 16.3 Å². The predicted molar refractivity (Wildman–Crippen MR) is 95.8 cm³/mol. The van der Waals surface area contributed by atoms with Crippen molar-refractivity contribution in [3.05, 3.63) is 86.4 Å². The fourth-order valence-corrected chi connectivity index (χ4v) is 2.58. The van der Waals surface area contributed by atoms with Gasteiger partial charge in [-0.15, -0.1) is 0 Å². The van der Waals surface area contributed by atoms with Gasteiger partial charge >= 0.3 is 0 Å². The highest BCUT2D eigenvalue weighted by Crippen LogP contribution is 2.21. The summed E-state index contributed by atoms with van der Waals surface area (Å²) < 4.78 is 27.7. The number of nitrogens with one attached hydrogen (secondary N) is 1. The zero-order chi connectivity index (χ0) is 19.6. The van der Waals surface area contributed by atoms with Crippen molar-refractivity contribution in [1.29, 1.82) is 0 Å². The first kappa shape index (κ1) is 18.7. The molecule has 0 fully saturated rings. The number of carbonyl (C=O) groups excluding carboxylic acids is 1.